The van der Waals surface area contributed by atoms with E-state index < -0.39 is 0 Å². The summed E-state index contributed by atoms with van der Waals surface area (Å²) < 4.78 is 0.608. The number of rotatable bonds is 4. The average molecular weight is 283 g/mol. The number of likely N-dealkylation sites (N-methyl/N-ethyl adjacent to an activating group) is 1. The Morgan fingerprint density at radius 1 is 1.24 bits per heavy atom. The molecule has 3 rings (SSSR count). The molecule has 0 aliphatic carbocycles. The molecule has 6 heteroatoms. The molecule has 0 bridgehead atoms. The molecule has 0 aromatic carbocycles. The highest BCUT2D eigenvalue weighted by Gasteiger charge is 2.20. The summed E-state index contributed by atoms with van der Waals surface area (Å²) in [7, 11) is 4.16. The summed E-state index contributed by atoms with van der Waals surface area (Å²) in [6, 6.07) is 4.06. The predicted octanol–water partition coefficient (Wildman–Crippen LogP) is 1.55. The zero-order chi connectivity index (χ0) is 14.9. The van der Waals surface area contributed by atoms with Crippen molar-refractivity contribution < 1.29 is 0 Å². The van der Waals surface area contributed by atoms with Crippen molar-refractivity contribution in [3.8, 4) is 11.3 Å². The van der Waals surface area contributed by atoms with E-state index in [2.05, 4.69) is 35.1 Å². The van der Waals surface area contributed by atoms with Gasteiger partial charge < -0.3 is 10.7 Å². The predicted molar refractivity (Wildman–Crippen MR) is 84.7 cm³/mol. The summed E-state index contributed by atoms with van der Waals surface area (Å²) in [6.45, 7) is 1.42. The van der Waals surface area contributed by atoms with Crippen LogP contribution in [0.4, 0.5) is 5.82 Å². The van der Waals surface area contributed by atoms with E-state index in [-0.39, 0.29) is 0 Å². The van der Waals surface area contributed by atoms with E-state index in [1.165, 1.54) is 0 Å². The number of quaternary nitrogens is 1. The second-order valence-corrected chi connectivity index (χ2v) is 5.60. The molecule has 0 aliphatic rings. The van der Waals surface area contributed by atoms with Crippen LogP contribution < -0.4 is 10.2 Å². The van der Waals surface area contributed by atoms with Crippen molar-refractivity contribution in [3.63, 3.8) is 0 Å². The lowest BCUT2D eigenvalue weighted by Gasteiger charge is -2.27. The van der Waals surface area contributed by atoms with Crippen molar-refractivity contribution in [1.82, 2.24) is 24.4 Å². The number of pyridine rings is 1. The maximum Gasteiger partial charge on any atom is 0.246 e. The smallest absolute Gasteiger partial charge is 0.246 e. The molecule has 6 nitrogen and oxygen atoms in total. The maximum atomic E-state index is 5.67. The van der Waals surface area contributed by atoms with Gasteiger partial charge in [0, 0.05) is 29.9 Å². The molecule has 0 amide bonds. The monoisotopic (exact) mass is 283 g/mol. The first-order chi connectivity index (χ1) is 10.1. The van der Waals surface area contributed by atoms with Crippen LogP contribution in [0.3, 0.4) is 0 Å². The summed E-state index contributed by atoms with van der Waals surface area (Å²) in [5.41, 5.74) is 8.34. The Morgan fingerprint density at radius 2 is 2.10 bits per heavy atom. The zero-order valence-electron chi connectivity index (χ0n) is 12.2. The Labute approximate surface area is 123 Å². The fourth-order valence-electron chi connectivity index (χ4n) is 2.30. The fourth-order valence-corrected chi connectivity index (χ4v) is 2.30. The van der Waals surface area contributed by atoms with E-state index in [9.17, 15) is 0 Å². The third-order valence-electron chi connectivity index (χ3n) is 3.63. The van der Waals surface area contributed by atoms with Gasteiger partial charge in [-0.3, -0.25) is 9.47 Å². The van der Waals surface area contributed by atoms with Gasteiger partial charge in [-0.1, -0.05) is 0 Å². The molecule has 0 aliphatic heterocycles. The van der Waals surface area contributed by atoms with Gasteiger partial charge in [-0.25, -0.2) is 4.98 Å². The number of nitrogens with one attached hydrogen (secondary N) is 1. The minimum Gasteiger partial charge on any atom is -0.346 e. The van der Waals surface area contributed by atoms with Gasteiger partial charge in [-0.2, -0.15) is 4.98 Å². The van der Waals surface area contributed by atoms with Gasteiger partial charge in [0.25, 0.3) is 0 Å². The normalized spacial score (nSPS) is 12.0. The molecular weight excluding hydrogens is 264 g/mol. The topological polar surface area (TPSA) is 80.5 Å². The van der Waals surface area contributed by atoms with Crippen LogP contribution in [-0.4, -0.2) is 47.1 Å². The van der Waals surface area contributed by atoms with Crippen LogP contribution in [0.5, 0.6) is 0 Å². The van der Waals surface area contributed by atoms with Crippen LogP contribution in [0.25, 0.3) is 22.3 Å². The Balaban J connectivity index is 2.02. The third kappa shape index (κ3) is 2.63. The van der Waals surface area contributed by atoms with Gasteiger partial charge in [-0.15, -0.1) is 0 Å². The van der Waals surface area contributed by atoms with Gasteiger partial charge in [0.05, 0.1) is 32.5 Å². The molecule has 3 heterocycles. The second kappa shape index (κ2) is 5.23. The van der Waals surface area contributed by atoms with Crippen LogP contribution >= 0.6 is 0 Å². The van der Waals surface area contributed by atoms with E-state index in [1.54, 1.807) is 12.4 Å². The first-order valence-electron chi connectivity index (χ1n) is 6.89. The zero-order valence-corrected chi connectivity index (χ0v) is 12.2. The van der Waals surface area contributed by atoms with E-state index in [0.29, 0.717) is 11.0 Å². The second-order valence-electron chi connectivity index (χ2n) is 5.60. The molecule has 108 valence electrons. The Morgan fingerprint density at radius 3 is 2.90 bits per heavy atom. The molecule has 0 radical (unpaired) electrons. The van der Waals surface area contributed by atoms with Gasteiger partial charge >= 0.3 is 0 Å². The molecule has 0 saturated carbocycles. The molecule has 0 atom stereocenters. The number of aromatic amines is 1. The van der Waals surface area contributed by atoms with Crippen LogP contribution in [0.1, 0.15) is 0 Å². The minimum absolute atomic E-state index is 0.607. The Kier molecular flexibility index (Phi) is 3.40. The Hall–Kier alpha value is -2.31. The molecule has 3 aromatic rings. The summed E-state index contributed by atoms with van der Waals surface area (Å²) in [5.74, 6) is 0.895. The molecule has 0 unspecified atom stereocenters. The molecule has 0 spiro atoms. The van der Waals surface area contributed by atoms with Gasteiger partial charge in [-0.05, 0) is 12.1 Å². The number of H-pyrrole nitrogens is 1. The van der Waals surface area contributed by atoms with Crippen LogP contribution in [0.2, 0.25) is 0 Å². The molecule has 0 fully saturated rings. The largest absolute Gasteiger partial charge is 0.346 e. The van der Waals surface area contributed by atoms with Gasteiger partial charge in [0.15, 0.2) is 0 Å². The highest BCUT2D eigenvalue weighted by molar-refractivity contribution is 5.80. The van der Waals surface area contributed by atoms with E-state index >= 15 is 0 Å². The van der Waals surface area contributed by atoms with Crippen LogP contribution in [-0.2, 0) is 0 Å². The molecular formula is C15H19N6+. The minimum atomic E-state index is 0.607. The van der Waals surface area contributed by atoms with E-state index in [1.807, 2.05) is 18.5 Å². The van der Waals surface area contributed by atoms with Crippen molar-refractivity contribution in [3.05, 3.63) is 36.9 Å². The summed E-state index contributed by atoms with van der Waals surface area (Å²) in [6.07, 6.45) is 7.25. The lowest BCUT2D eigenvalue weighted by molar-refractivity contribution is 0.397. The SMILES string of the molecule is C[N+](C)(CCN)c1cncc(-c2cnc3[nH]ccc3c2)n1. The molecule has 0 saturated heterocycles. The van der Waals surface area contributed by atoms with Crippen LogP contribution in [0.15, 0.2) is 36.9 Å². The van der Waals surface area contributed by atoms with Crippen molar-refractivity contribution in [2.24, 2.45) is 5.73 Å². The number of nitrogens with two attached hydrogens (primary N) is 1. The molecule has 3 aromatic heterocycles. The van der Waals surface area contributed by atoms with Crippen molar-refractivity contribution in [2.45, 2.75) is 0 Å². The first kappa shape index (κ1) is 13.7. The maximum absolute atomic E-state index is 5.67. The van der Waals surface area contributed by atoms with E-state index in [0.717, 1.165) is 34.7 Å². The van der Waals surface area contributed by atoms with Crippen molar-refractivity contribution in [1.29, 1.82) is 0 Å². The quantitative estimate of drug-likeness (QED) is 0.712. The average Bonchev–Trinajstić information content (AvgIpc) is 2.94. The number of aromatic nitrogens is 4. The van der Waals surface area contributed by atoms with Gasteiger partial charge in [0.1, 0.15) is 11.8 Å². The standard InChI is InChI=1S/C15H19N6/c1-21(2,6-4-16)14-10-17-9-13(20-14)12-7-11-3-5-18-15(11)19-8-12/h3,5,7-10H,4,6,16H2,1-2H3,(H,18,19)/q+1. The highest BCUT2D eigenvalue weighted by Crippen LogP contribution is 2.23. The summed E-state index contributed by atoms with van der Waals surface area (Å²) in [4.78, 5) is 16.5. The molecule has 21 heavy (non-hydrogen) atoms. The van der Waals surface area contributed by atoms with Crippen molar-refractivity contribution in [2.75, 3.05) is 27.2 Å². The van der Waals surface area contributed by atoms with Crippen LogP contribution in [0, 0.1) is 0 Å². The van der Waals surface area contributed by atoms with Gasteiger partial charge in [0.2, 0.25) is 5.82 Å². The van der Waals surface area contributed by atoms with E-state index in [4.69, 9.17) is 10.7 Å². The number of hydrogen-bond acceptors (Lipinski definition) is 4. The number of fused-ring (bicyclic) bond motifs is 1. The summed E-state index contributed by atoms with van der Waals surface area (Å²) in [5, 5.41) is 1.07. The lowest BCUT2D eigenvalue weighted by Crippen LogP contribution is -2.45. The van der Waals surface area contributed by atoms with Crippen molar-refractivity contribution >= 4 is 16.9 Å². The molecule has 3 N–H and O–H groups in total. The third-order valence-corrected chi connectivity index (χ3v) is 3.63. The number of hydrogen-bond donors (Lipinski definition) is 2. The highest BCUT2D eigenvalue weighted by atomic mass is 15.4. The Bertz CT molecular complexity index is 761. The fraction of sp³-hybridized carbons (Fsp3) is 0.267. The number of nitrogens with zero attached hydrogens (tertiary/aromatic N) is 4. The summed E-state index contributed by atoms with van der Waals surface area (Å²) >= 11 is 0. The lowest BCUT2D eigenvalue weighted by atomic mass is 10.2. The first-order valence-corrected chi connectivity index (χ1v) is 6.89.